The van der Waals surface area contributed by atoms with Gasteiger partial charge in [-0.1, -0.05) is 72.8 Å². The molecule has 0 aliphatic rings. The largest absolute Gasteiger partial charge is 0.308 e. The second-order valence-electron chi connectivity index (χ2n) is 9.50. The van der Waals surface area contributed by atoms with Gasteiger partial charge in [-0.25, -0.2) is 0 Å². The van der Waals surface area contributed by atoms with Crippen molar-refractivity contribution in [1.82, 2.24) is 4.40 Å². The Kier molecular flexibility index (Phi) is 3.39. The maximum Gasteiger partial charge on any atom is 0.0620 e. The third kappa shape index (κ3) is 2.29. The highest BCUT2D eigenvalue weighted by Gasteiger charge is 2.20. The molecule has 34 heavy (non-hydrogen) atoms. The van der Waals surface area contributed by atoms with Gasteiger partial charge < -0.3 is 4.40 Å². The molecule has 6 aromatic carbocycles. The van der Waals surface area contributed by atoms with Gasteiger partial charge in [0.2, 0.25) is 0 Å². The topological polar surface area (TPSA) is 4.41 Å². The lowest BCUT2D eigenvalue weighted by atomic mass is 9.95. The highest BCUT2D eigenvalue weighted by molar-refractivity contribution is 6.26. The van der Waals surface area contributed by atoms with Crippen LogP contribution in [0.25, 0.3) is 70.8 Å². The molecule has 158 valence electrons. The molecule has 8 aromatic rings. The minimum Gasteiger partial charge on any atom is -0.308 e. The molecule has 0 atom stereocenters. The van der Waals surface area contributed by atoms with Crippen LogP contribution >= 0.6 is 0 Å². The van der Waals surface area contributed by atoms with Crippen molar-refractivity contribution >= 4 is 59.6 Å². The molecular weight excluding hydrogens is 410 g/mol. The van der Waals surface area contributed by atoms with Crippen LogP contribution in [0.4, 0.5) is 0 Å². The van der Waals surface area contributed by atoms with Crippen LogP contribution in [0.2, 0.25) is 0 Å². The molecule has 0 saturated heterocycles. The first kappa shape index (κ1) is 18.1. The second kappa shape index (κ2) is 6.36. The molecule has 2 heterocycles. The van der Waals surface area contributed by atoms with Gasteiger partial charge in [0.15, 0.2) is 0 Å². The first-order chi connectivity index (χ1) is 16.8. The number of nitrogens with zero attached hydrogens (tertiary/aromatic N) is 1. The van der Waals surface area contributed by atoms with Crippen LogP contribution in [0.15, 0.2) is 109 Å². The number of hydrogen-bond donors (Lipinski definition) is 0. The molecule has 0 N–H and O–H groups in total. The molecule has 0 saturated carbocycles. The van der Waals surface area contributed by atoms with Crippen molar-refractivity contribution in [3.63, 3.8) is 0 Å². The molecule has 0 aliphatic heterocycles. The van der Waals surface area contributed by atoms with Crippen LogP contribution in [-0.4, -0.2) is 4.40 Å². The number of fused-ring (bicyclic) bond motifs is 8. The van der Waals surface area contributed by atoms with Crippen LogP contribution in [0, 0.1) is 6.92 Å². The summed E-state index contributed by atoms with van der Waals surface area (Å²) >= 11 is 0. The van der Waals surface area contributed by atoms with E-state index in [1.54, 1.807) is 0 Å². The average Bonchev–Trinajstić information content (AvgIpc) is 3.36. The Morgan fingerprint density at radius 2 is 0.941 bits per heavy atom. The van der Waals surface area contributed by atoms with Crippen molar-refractivity contribution in [3.8, 4) is 11.1 Å². The highest BCUT2D eigenvalue weighted by atomic mass is 14.9. The van der Waals surface area contributed by atoms with E-state index in [-0.39, 0.29) is 0 Å². The first-order valence-corrected chi connectivity index (χ1v) is 11.9. The Morgan fingerprint density at radius 3 is 1.47 bits per heavy atom. The lowest BCUT2D eigenvalue weighted by Crippen LogP contribution is -1.83. The second-order valence-corrected chi connectivity index (χ2v) is 9.50. The number of rotatable bonds is 1. The minimum atomic E-state index is 1.28. The molecule has 0 bridgehead atoms. The van der Waals surface area contributed by atoms with E-state index in [4.69, 9.17) is 0 Å². The standard InChI is InChI=1S/C33H21N/c1-20-8-2-7-13-26(20)25-16-29-27-14-21-9-3-5-11-23(21)18-31(27)34-32-19-24-12-6-4-10-22(24)15-28(32)30(17-25)33(29)34/h2-19H,1H3. The maximum atomic E-state index is 2.50. The van der Waals surface area contributed by atoms with Crippen molar-refractivity contribution in [2.45, 2.75) is 6.92 Å². The number of hydrogen-bond acceptors (Lipinski definition) is 0. The Balaban J connectivity index is 1.65. The summed E-state index contributed by atoms with van der Waals surface area (Å²) in [5.41, 5.74) is 7.79. The van der Waals surface area contributed by atoms with E-state index < -0.39 is 0 Å². The highest BCUT2D eigenvalue weighted by Crippen LogP contribution is 2.43. The molecule has 0 aliphatic carbocycles. The molecule has 8 rings (SSSR count). The summed E-state index contributed by atoms with van der Waals surface area (Å²) in [6.45, 7) is 2.21. The average molecular weight is 432 g/mol. The van der Waals surface area contributed by atoms with Crippen LogP contribution in [0.3, 0.4) is 0 Å². The molecule has 2 aromatic heterocycles. The monoisotopic (exact) mass is 431 g/mol. The van der Waals surface area contributed by atoms with Gasteiger partial charge in [-0.15, -0.1) is 0 Å². The van der Waals surface area contributed by atoms with Gasteiger partial charge >= 0.3 is 0 Å². The molecular formula is C33H21N. The maximum absolute atomic E-state index is 2.50. The molecule has 1 nitrogen and oxygen atoms in total. The van der Waals surface area contributed by atoms with Crippen molar-refractivity contribution in [1.29, 1.82) is 0 Å². The summed E-state index contributed by atoms with van der Waals surface area (Å²) in [7, 11) is 0. The SMILES string of the molecule is Cc1ccccc1-c1cc2c3cc4ccccc4cc3n3c4cc5ccccc5cc4c(c1)c23. The van der Waals surface area contributed by atoms with Gasteiger partial charge in [-0.2, -0.15) is 0 Å². The number of aromatic nitrogens is 1. The zero-order valence-electron chi connectivity index (χ0n) is 18.8. The summed E-state index contributed by atoms with van der Waals surface area (Å²) in [5.74, 6) is 0. The van der Waals surface area contributed by atoms with E-state index in [0.717, 1.165) is 0 Å². The molecule has 0 fully saturated rings. The Morgan fingerprint density at radius 1 is 0.471 bits per heavy atom. The minimum absolute atomic E-state index is 1.28. The van der Waals surface area contributed by atoms with Crippen LogP contribution in [0.1, 0.15) is 5.56 Å². The third-order valence-corrected chi connectivity index (χ3v) is 7.58. The molecule has 0 amide bonds. The zero-order chi connectivity index (χ0) is 22.4. The molecule has 0 spiro atoms. The molecule has 0 unspecified atom stereocenters. The Bertz CT molecular complexity index is 1950. The fourth-order valence-corrected chi connectivity index (χ4v) is 5.97. The van der Waals surface area contributed by atoms with Gasteiger partial charge in [0.05, 0.1) is 16.6 Å². The van der Waals surface area contributed by atoms with Crippen molar-refractivity contribution in [3.05, 3.63) is 115 Å². The van der Waals surface area contributed by atoms with E-state index in [9.17, 15) is 0 Å². The number of benzene rings is 6. The first-order valence-electron chi connectivity index (χ1n) is 11.9. The lowest BCUT2D eigenvalue weighted by molar-refractivity contribution is 1.38. The quantitative estimate of drug-likeness (QED) is 0.244. The Hall–Kier alpha value is -4.36. The predicted octanol–water partition coefficient (Wildman–Crippen LogP) is 9.12. The van der Waals surface area contributed by atoms with Crippen LogP contribution in [-0.2, 0) is 0 Å². The normalized spacial score (nSPS) is 12.3. The molecule has 1 heteroatoms. The van der Waals surface area contributed by atoms with Crippen molar-refractivity contribution in [2.75, 3.05) is 0 Å². The smallest absolute Gasteiger partial charge is 0.0620 e. The van der Waals surface area contributed by atoms with Gasteiger partial charge in [0.25, 0.3) is 0 Å². The molecule has 0 radical (unpaired) electrons. The zero-order valence-corrected chi connectivity index (χ0v) is 18.8. The van der Waals surface area contributed by atoms with E-state index in [1.807, 2.05) is 0 Å². The van der Waals surface area contributed by atoms with Gasteiger partial charge in [-0.05, 0) is 81.6 Å². The van der Waals surface area contributed by atoms with E-state index >= 15 is 0 Å². The van der Waals surface area contributed by atoms with E-state index in [1.165, 1.54) is 76.3 Å². The lowest BCUT2D eigenvalue weighted by Gasteiger charge is -2.08. The van der Waals surface area contributed by atoms with Crippen LogP contribution < -0.4 is 0 Å². The van der Waals surface area contributed by atoms with Gasteiger partial charge in [0, 0.05) is 21.5 Å². The fraction of sp³-hybridized carbons (Fsp3) is 0.0303. The van der Waals surface area contributed by atoms with Crippen LogP contribution in [0.5, 0.6) is 0 Å². The van der Waals surface area contributed by atoms with Crippen molar-refractivity contribution in [2.24, 2.45) is 0 Å². The fourth-order valence-electron chi connectivity index (χ4n) is 5.97. The summed E-state index contributed by atoms with van der Waals surface area (Å²) < 4.78 is 2.50. The van der Waals surface area contributed by atoms with Gasteiger partial charge in [0.1, 0.15) is 0 Å². The summed E-state index contributed by atoms with van der Waals surface area (Å²) in [5, 5.41) is 10.4. The van der Waals surface area contributed by atoms with Gasteiger partial charge in [-0.3, -0.25) is 0 Å². The van der Waals surface area contributed by atoms with Crippen molar-refractivity contribution < 1.29 is 0 Å². The van der Waals surface area contributed by atoms with E-state index in [0.29, 0.717) is 0 Å². The Labute approximate surface area is 196 Å². The van der Waals surface area contributed by atoms with E-state index in [2.05, 4.69) is 121 Å². The summed E-state index contributed by atoms with van der Waals surface area (Å²) in [4.78, 5) is 0. The third-order valence-electron chi connectivity index (χ3n) is 7.58. The number of aryl methyl sites for hydroxylation is 1. The predicted molar refractivity (Wildman–Crippen MR) is 146 cm³/mol. The summed E-state index contributed by atoms with van der Waals surface area (Å²) in [6.07, 6.45) is 0. The summed E-state index contributed by atoms with van der Waals surface area (Å²) in [6, 6.07) is 40.4.